The molecule has 1 aliphatic rings. The molecule has 21 heavy (non-hydrogen) atoms. The number of hydrogen-bond acceptors (Lipinski definition) is 2. The van der Waals surface area contributed by atoms with Gasteiger partial charge in [-0.15, -0.1) is 0 Å². The Labute approximate surface area is 138 Å². The Morgan fingerprint density at radius 1 is 1.00 bits per heavy atom. The summed E-state index contributed by atoms with van der Waals surface area (Å²) in [6.07, 6.45) is 4.81. The molecule has 2 aromatic carbocycles. The topological polar surface area (TPSA) is 26.3 Å². The van der Waals surface area contributed by atoms with Crippen molar-refractivity contribution in [2.75, 3.05) is 6.61 Å². The number of Topliss-reactive ketones (excluding diaryl/α,β-unsaturated/α-hetero) is 1. The third-order valence-electron chi connectivity index (χ3n) is 3.86. The number of rotatable bonds is 4. The van der Waals surface area contributed by atoms with Crippen molar-refractivity contribution in [1.29, 1.82) is 0 Å². The minimum absolute atomic E-state index is 0.0177. The lowest BCUT2D eigenvalue weighted by atomic mass is 9.92. The van der Waals surface area contributed by atoms with Gasteiger partial charge in [0.05, 0.1) is 0 Å². The molecule has 0 unspecified atom stereocenters. The van der Waals surface area contributed by atoms with Gasteiger partial charge < -0.3 is 4.74 Å². The van der Waals surface area contributed by atoms with Gasteiger partial charge in [0.2, 0.25) is 0 Å². The minimum atomic E-state index is 0.0177. The number of fused-ring (bicyclic) bond motifs is 1. The van der Waals surface area contributed by atoms with Gasteiger partial charge in [-0.1, -0.05) is 18.2 Å². The molecule has 108 valence electrons. The smallest absolute Gasteiger partial charge is 0.200 e. The molecular weight excluding hydrogens is 375 g/mol. The van der Waals surface area contributed by atoms with Gasteiger partial charge in [-0.2, -0.15) is 0 Å². The highest BCUT2D eigenvalue weighted by molar-refractivity contribution is 14.1. The highest BCUT2D eigenvalue weighted by Crippen LogP contribution is 2.25. The molecule has 0 amide bonds. The number of ketones is 1. The van der Waals surface area contributed by atoms with E-state index in [9.17, 15) is 4.79 Å². The second-order valence-corrected chi connectivity index (χ2v) is 6.60. The number of carbonyl (C=O) groups is 1. The van der Waals surface area contributed by atoms with Crippen molar-refractivity contribution in [2.45, 2.75) is 25.7 Å². The van der Waals surface area contributed by atoms with Crippen molar-refractivity contribution in [3.63, 3.8) is 0 Å². The van der Waals surface area contributed by atoms with Crippen LogP contribution >= 0.6 is 22.6 Å². The fourth-order valence-corrected chi connectivity index (χ4v) is 3.03. The Balaban J connectivity index is 1.64. The minimum Gasteiger partial charge on any atom is -0.485 e. The summed E-state index contributed by atoms with van der Waals surface area (Å²) in [5.41, 5.74) is 3.51. The third-order valence-corrected chi connectivity index (χ3v) is 4.58. The van der Waals surface area contributed by atoms with Crippen molar-refractivity contribution >= 4 is 28.4 Å². The van der Waals surface area contributed by atoms with E-state index in [0.717, 1.165) is 22.2 Å². The van der Waals surface area contributed by atoms with E-state index in [2.05, 4.69) is 34.7 Å². The molecule has 0 atom stereocenters. The number of ether oxygens (including phenoxy) is 1. The standard InChI is InChI=1S/C18H17IO2/c19-16-8-5-14(6-9-16)18(20)12-21-17-10-7-13-3-1-2-4-15(13)11-17/h5-11H,1-4,12H2. The Kier molecular flexibility index (Phi) is 4.58. The van der Waals surface area contributed by atoms with Gasteiger partial charge in [-0.3, -0.25) is 4.79 Å². The molecule has 2 nitrogen and oxygen atoms in total. The quantitative estimate of drug-likeness (QED) is 0.569. The summed E-state index contributed by atoms with van der Waals surface area (Å²) in [6.45, 7) is 0.0966. The van der Waals surface area contributed by atoms with Crippen LogP contribution in [-0.2, 0) is 12.8 Å². The second kappa shape index (κ2) is 6.60. The van der Waals surface area contributed by atoms with E-state index in [1.165, 1.54) is 24.0 Å². The maximum Gasteiger partial charge on any atom is 0.200 e. The zero-order valence-electron chi connectivity index (χ0n) is 11.8. The van der Waals surface area contributed by atoms with Crippen LogP contribution in [0.3, 0.4) is 0 Å². The van der Waals surface area contributed by atoms with Gasteiger partial charge in [-0.05, 0) is 83.7 Å². The maximum atomic E-state index is 12.1. The molecule has 1 aliphatic carbocycles. The number of carbonyl (C=O) groups excluding carboxylic acids is 1. The maximum absolute atomic E-state index is 12.1. The average Bonchev–Trinajstić information content (AvgIpc) is 2.53. The molecule has 0 saturated heterocycles. The van der Waals surface area contributed by atoms with Crippen LogP contribution in [0.4, 0.5) is 0 Å². The molecule has 0 heterocycles. The van der Waals surface area contributed by atoms with Gasteiger partial charge in [0.25, 0.3) is 0 Å². The predicted molar refractivity (Wildman–Crippen MR) is 92.1 cm³/mol. The monoisotopic (exact) mass is 392 g/mol. The lowest BCUT2D eigenvalue weighted by Gasteiger charge is -2.16. The zero-order valence-corrected chi connectivity index (χ0v) is 13.9. The predicted octanol–water partition coefficient (Wildman–Crippen LogP) is 4.43. The molecule has 2 aromatic rings. The first kappa shape index (κ1) is 14.6. The molecule has 0 saturated carbocycles. The van der Waals surface area contributed by atoms with Gasteiger partial charge in [0.1, 0.15) is 5.75 Å². The van der Waals surface area contributed by atoms with Gasteiger partial charge in [0, 0.05) is 9.13 Å². The van der Waals surface area contributed by atoms with Crippen LogP contribution in [0.25, 0.3) is 0 Å². The summed E-state index contributed by atoms with van der Waals surface area (Å²) in [5, 5.41) is 0. The zero-order chi connectivity index (χ0) is 14.7. The summed E-state index contributed by atoms with van der Waals surface area (Å²) < 4.78 is 6.79. The first-order valence-electron chi connectivity index (χ1n) is 7.26. The molecule has 0 aliphatic heterocycles. The molecule has 0 N–H and O–H groups in total. The van der Waals surface area contributed by atoms with E-state index in [0.29, 0.717) is 5.56 Å². The van der Waals surface area contributed by atoms with Crippen molar-refractivity contribution < 1.29 is 9.53 Å². The van der Waals surface area contributed by atoms with Crippen LogP contribution in [-0.4, -0.2) is 12.4 Å². The van der Waals surface area contributed by atoms with Crippen molar-refractivity contribution in [3.8, 4) is 5.75 Å². The van der Waals surface area contributed by atoms with Crippen LogP contribution in [0.2, 0.25) is 0 Å². The fraction of sp³-hybridized carbons (Fsp3) is 0.278. The Morgan fingerprint density at radius 2 is 1.71 bits per heavy atom. The molecule has 0 spiro atoms. The number of halogens is 1. The molecule has 3 heteroatoms. The number of hydrogen-bond donors (Lipinski definition) is 0. The fourth-order valence-electron chi connectivity index (χ4n) is 2.67. The summed E-state index contributed by atoms with van der Waals surface area (Å²) >= 11 is 2.23. The Bertz CT molecular complexity index is 647. The Hall–Kier alpha value is -1.36. The SMILES string of the molecule is O=C(COc1ccc2c(c1)CCCC2)c1ccc(I)cc1. The van der Waals surface area contributed by atoms with E-state index in [1.807, 2.05) is 30.3 Å². The first-order chi connectivity index (χ1) is 10.2. The largest absolute Gasteiger partial charge is 0.485 e. The lowest BCUT2D eigenvalue weighted by Crippen LogP contribution is -2.12. The van der Waals surface area contributed by atoms with Gasteiger partial charge >= 0.3 is 0 Å². The molecule has 0 bridgehead atoms. The van der Waals surface area contributed by atoms with Crippen LogP contribution < -0.4 is 4.74 Å². The number of aryl methyl sites for hydroxylation is 2. The molecule has 0 fully saturated rings. The van der Waals surface area contributed by atoms with Gasteiger partial charge in [-0.25, -0.2) is 0 Å². The van der Waals surface area contributed by atoms with Crippen LogP contribution in [0.5, 0.6) is 5.75 Å². The highest BCUT2D eigenvalue weighted by Gasteiger charge is 2.11. The molecule has 0 aromatic heterocycles. The van der Waals surface area contributed by atoms with E-state index < -0.39 is 0 Å². The van der Waals surface area contributed by atoms with Crippen molar-refractivity contribution in [3.05, 3.63) is 62.7 Å². The summed E-state index contributed by atoms with van der Waals surface area (Å²) in [7, 11) is 0. The highest BCUT2D eigenvalue weighted by atomic mass is 127. The molecule has 0 radical (unpaired) electrons. The van der Waals surface area contributed by atoms with E-state index in [-0.39, 0.29) is 12.4 Å². The van der Waals surface area contributed by atoms with E-state index >= 15 is 0 Å². The average molecular weight is 392 g/mol. The molecular formula is C18H17IO2. The van der Waals surface area contributed by atoms with Crippen molar-refractivity contribution in [1.82, 2.24) is 0 Å². The molecule has 3 rings (SSSR count). The summed E-state index contributed by atoms with van der Waals surface area (Å²) in [4.78, 5) is 12.1. The third kappa shape index (κ3) is 3.64. The van der Waals surface area contributed by atoms with E-state index in [1.54, 1.807) is 0 Å². The van der Waals surface area contributed by atoms with Gasteiger partial charge in [0.15, 0.2) is 12.4 Å². The summed E-state index contributed by atoms with van der Waals surface area (Å²) in [6, 6.07) is 13.8. The van der Waals surface area contributed by atoms with Crippen LogP contribution in [0.15, 0.2) is 42.5 Å². The van der Waals surface area contributed by atoms with E-state index in [4.69, 9.17) is 4.74 Å². The second-order valence-electron chi connectivity index (χ2n) is 5.36. The lowest BCUT2D eigenvalue weighted by molar-refractivity contribution is 0.0921. The first-order valence-corrected chi connectivity index (χ1v) is 8.33. The number of benzene rings is 2. The van der Waals surface area contributed by atoms with Crippen LogP contribution in [0, 0.1) is 3.57 Å². The Morgan fingerprint density at radius 3 is 2.48 bits per heavy atom. The normalized spacial score (nSPS) is 13.6. The van der Waals surface area contributed by atoms with Crippen molar-refractivity contribution in [2.24, 2.45) is 0 Å². The summed E-state index contributed by atoms with van der Waals surface area (Å²) in [5.74, 6) is 0.818. The van der Waals surface area contributed by atoms with Crippen LogP contribution in [0.1, 0.15) is 34.3 Å².